The van der Waals surface area contributed by atoms with E-state index in [9.17, 15) is 9.59 Å². The fourth-order valence-electron chi connectivity index (χ4n) is 0.904. The summed E-state index contributed by atoms with van der Waals surface area (Å²) >= 11 is 1.19. The van der Waals surface area contributed by atoms with Gasteiger partial charge < -0.3 is 4.79 Å². The number of carbonyl (C=O) groups excluding carboxylic acids is 2. The van der Waals surface area contributed by atoms with Crippen molar-refractivity contribution in [1.29, 1.82) is 0 Å². The Labute approximate surface area is 87.7 Å². The van der Waals surface area contributed by atoms with Crippen LogP contribution in [0.2, 0.25) is 0 Å². The molecule has 0 N–H and O–H groups in total. The summed E-state index contributed by atoms with van der Waals surface area (Å²) in [7, 11) is 0. The first-order chi connectivity index (χ1) is 6.74. The summed E-state index contributed by atoms with van der Waals surface area (Å²) in [5, 5.41) is 0.0271. The highest BCUT2D eigenvalue weighted by Gasteiger charge is 2.08. The van der Waals surface area contributed by atoms with E-state index >= 15 is 0 Å². The Morgan fingerprint density at radius 2 is 2.07 bits per heavy atom. The van der Waals surface area contributed by atoms with Crippen LogP contribution >= 0.6 is 11.8 Å². The predicted molar refractivity (Wildman–Crippen MR) is 58.5 cm³/mol. The molecule has 3 heteroatoms. The normalized spacial score (nSPS) is 12.1. The quantitative estimate of drug-likeness (QED) is 0.712. The molecule has 74 valence electrons. The van der Waals surface area contributed by atoms with Crippen molar-refractivity contribution >= 4 is 23.2 Å². The number of carbonyl (C=O) groups is 2. The SMILES string of the molecule is CC(C=O)CSC(=O)c1ccccc1. The van der Waals surface area contributed by atoms with E-state index in [0.717, 1.165) is 6.29 Å². The van der Waals surface area contributed by atoms with Crippen LogP contribution in [0.1, 0.15) is 17.3 Å². The largest absolute Gasteiger partial charge is 0.303 e. The van der Waals surface area contributed by atoms with E-state index in [1.165, 1.54) is 11.8 Å². The van der Waals surface area contributed by atoms with Crippen LogP contribution in [0.15, 0.2) is 30.3 Å². The third kappa shape index (κ3) is 3.34. The number of thioether (sulfide) groups is 1. The fourth-order valence-corrected chi connectivity index (χ4v) is 1.70. The van der Waals surface area contributed by atoms with Gasteiger partial charge in [0.15, 0.2) is 0 Å². The molecule has 1 aromatic carbocycles. The topological polar surface area (TPSA) is 34.1 Å². The van der Waals surface area contributed by atoms with Gasteiger partial charge >= 0.3 is 0 Å². The van der Waals surface area contributed by atoms with Gasteiger partial charge in [-0.1, -0.05) is 49.0 Å². The van der Waals surface area contributed by atoms with Crippen LogP contribution in [0.3, 0.4) is 0 Å². The third-order valence-electron chi connectivity index (χ3n) is 1.72. The second kappa shape index (κ2) is 5.60. The lowest BCUT2D eigenvalue weighted by Gasteiger charge is -2.02. The number of aldehydes is 1. The average molecular weight is 208 g/mol. The number of rotatable bonds is 4. The van der Waals surface area contributed by atoms with E-state index in [0.29, 0.717) is 11.3 Å². The highest BCUT2D eigenvalue weighted by Crippen LogP contribution is 2.14. The van der Waals surface area contributed by atoms with Gasteiger partial charge in [-0.3, -0.25) is 4.79 Å². The second-order valence-corrected chi connectivity index (χ2v) is 4.07. The molecular formula is C11H12O2S. The van der Waals surface area contributed by atoms with Gasteiger partial charge in [0.25, 0.3) is 0 Å². The molecule has 0 aliphatic heterocycles. The first kappa shape index (κ1) is 11.0. The van der Waals surface area contributed by atoms with Crippen molar-refractivity contribution in [2.75, 3.05) is 5.75 Å². The molecule has 0 spiro atoms. The molecule has 0 fully saturated rings. The Balaban J connectivity index is 2.47. The van der Waals surface area contributed by atoms with Gasteiger partial charge in [0.1, 0.15) is 6.29 Å². The van der Waals surface area contributed by atoms with Gasteiger partial charge in [0.2, 0.25) is 5.12 Å². The third-order valence-corrected chi connectivity index (χ3v) is 2.91. The van der Waals surface area contributed by atoms with E-state index in [1.54, 1.807) is 19.1 Å². The minimum atomic E-state index is -0.0623. The smallest absolute Gasteiger partial charge is 0.219 e. The van der Waals surface area contributed by atoms with Crippen LogP contribution in [-0.4, -0.2) is 17.2 Å². The summed E-state index contributed by atoms with van der Waals surface area (Å²) in [6.07, 6.45) is 0.866. The summed E-state index contributed by atoms with van der Waals surface area (Å²) in [6, 6.07) is 9.09. The molecule has 2 nitrogen and oxygen atoms in total. The van der Waals surface area contributed by atoms with Gasteiger partial charge in [0.05, 0.1) is 0 Å². The van der Waals surface area contributed by atoms with Gasteiger partial charge in [0, 0.05) is 17.2 Å². The number of hydrogen-bond acceptors (Lipinski definition) is 3. The molecule has 0 radical (unpaired) electrons. The Kier molecular flexibility index (Phi) is 4.40. The zero-order valence-electron chi connectivity index (χ0n) is 7.97. The van der Waals surface area contributed by atoms with Gasteiger partial charge in [-0.05, 0) is 0 Å². The van der Waals surface area contributed by atoms with Crippen LogP contribution in [0, 0.1) is 5.92 Å². The molecule has 0 aromatic heterocycles. The Bertz CT molecular complexity index is 308. The van der Waals surface area contributed by atoms with Crippen LogP contribution in [0.25, 0.3) is 0 Å². The highest BCUT2D eigenvalue weighted by atomic mass is 32.2. The lowest BCUT2D eigenvalue weighted by molar-refractivity contribution is -0.110. The lowest BCUT2D eigenvalue weighted by Crippen LogP contribution is -2.03. The van der Waals surface area contributed by atoms with Crippen LogP contribution in [-0.2, 0) is 4.79 Å². The summed E-state index contributed by atoms with van der Waals surface area (Å²) in [5.74, 6) is 0.490. The maximum absolute atomic E-state index is 11.5. The molecule has 1 rings (SSSR count). The molecule has 0 amide bonds. The predicted octanol–water partition coefficient (Wildman–Crippen LogP) is 2.40. The van der Waals surface area contributed by atoms with Crippen LogP contribution in [0.4, 0.5) is 0 Å². The number of benzene rings is 1. The zero-order chi connectivity index (χ0) is 10.4. The van der Waals surface area contributed by atoms with Crippen LogP contribution in [0.5, 0.6) is 0 Å². The summed E-state index contributed by atoms with van der Waals surface area (Å²) in [5.41, 5.74) is 0.690. The molecule has 0 aliphatic rings. The zero-order valence-corrected chi connectivity index (χ0v) is 8.79. The molecule has 1 aromatic rings. The minimum absolute atomic E-state index is 0.0271. The van der Waals surface area contributed by atoms with Crippen molar-refractivity contribution in [1.82, 2.24) is 0 Å². The van der Waals surface area contributed by atoms with E-state index in [1.807, 2.05) is 18.2 Å². The van der Waals surface area contributed by atoms with Gasteiger partial charge in [-0.15, -0.1) is 0 Å². The van der Waals surface area contributed by atoms with E-state index < -0.39 is 0 Å². The average Bonchev–Trinajstić information content (AvgIpc) is 2.26. The molecule has 1 atom stereocenters. The molecule has 0 aliphatic carbocycles. The van der Waals surface area contributed by atoms with Crippen molar-refractivity contribution in [2.45, 2.75) is 6.92 Å². The molecule has 14 heavy (non-hydrogen) atoms. The molecule has 0 heterocycles. The van der Waals surface area contributed by atoms with Crippen molar-refractivity contribution in [2.24, 2.45) is 5.92 Å². The Morgan fingerprint density at radius 1 is 1.43 bits per heavy atom. The first-order valence-electron chi connectivity index (χ1n) is 4.41. The Morgan fingerprint density at radius 3 is 2.64 bits per heavy atom. The van der Waals surface area contributed by atoms with E-state index in [-0.39, 0.29) is 11.0 Å². The summed E-state index contributed by atoms with van der Waals surface area (Å²) in [4.78, 5) is 21.8. The van der Waals surface area contributed by atoms with Gasteiger partial charge in [-0.2, -0.15) is 0 Å². The maximum Gasteiger partial charge on any atom is 0.219 e. The fraction of sp³-hybridized carbons (Fsp3) is 0.273. The maximum atomic E-state index is 11.5. The first-order valence-corrected chi connectivity index (χ1v) is 5.40. The van der Waals surface area contributed by atoms with E-state index in [4.69, 9.17) is 0 Å². The molecule has 1 unspecified atom stereocenters. The monoisotopic (exact) mass is 208 g/mol. The minimum Gasteiger partial charge on any atom is -0.303 e. The highest BCUT2D eigenvalue weighted by molar-refractivity contribution is 8.14. The molecule has 0 bridgehead atoms. The molecule has 0 saturated carbocycles. The molecular weight excluding hydrogens is 196 g/mol. The van der Waals surface area contributed by atoms with Crippen molar-refractivity contribution in [3.63, 3.8) is 0 Å². The van der Waals surface area contributed by atoms with Crippen LogP contribution < -0.4 is 0 Å². The second-order valence-electron chi connectivity index (χ2n) is 3.08. The summed E-state index contributed by atoms with van der Waals surface area (Å²) in [6.45, 7) is 1.80. The summed E-state index contributed by atoms with van der Waals surface area (Å²) < 4.78 is 0. The van der Waals surface area contributed by atoms with Crippen molar-refractivity contribution in [3.05, 3.63) is 35.9 Å². The lowest BCUT2D eigenvalue weighted by atomic mass is 10.2. The molecule has 0 saturated heterocycles. The van der Waals surface area contributed by atoms with E-state index in [2.05, 4.69) is 0 Å². The number of hydrogen-bond donors (Lipinski definition) is 0. The standard InChI is InChI=1S/C11H12O2S/c1-9(7-12)8-14-11(13)10-5-3-2-4-6-10/h2-7,9H,8H2,1H3. The van der Waals surface area contributed by atoms with Crippen molar-refractivity contribution in [3.8, 4) is 0 Å². The van der Waals surface area contributed by atoms with Gasteiger partial charge in [-0.25, -0.2) is 0 Å². The Hall–Kier alpha value is -1.09. The van der Waals surface area contributed by atoms with Crippen molar-refractivity contribution < 1.29 is 9.59 Å².